The molecule has 0 amide bonds. The molecule has 0 aromatic heterocycles. The van der Waals surface area contributed by atoms with Gasteiger partial charge in [0.1, 0.15) is 12.1 Å². The lowest BCUT2D eigenvalue weighted by molar-refractivity contribution is -0.685. The van der Waals surface area contributed by atoms with Crippen LogP contribution in [-0.4, -0.2) is 39.0 Å². The third-order valence-corrected chi connectivity index (χ3v) is 2.18. The molecule has 1 unspecified atom stereocenters. The van der Waals surface area contributed by atoms with E-state index >= 15 is 0 Å². The van der Waals surface area contributed by atoms with Crippen molar-refractivity contribution in [1.82, 2.24) is 0 Å². The minimum absolute atomic E-state index is 0. The molecule has 1 aliphatic heterocycles. The van der Waals surface area contributed by atoms with Crippen LogP contribution in [0, 0.1) is 0 Å². The van der Waals surface area contributed by atoms with Crippen LogP contribution in [-0.2, 0) is 9.47 Å². The lowest BCUT2D eigenvalue weighted by Crippen LogP contribution is -3.00. The molecule has 1 fully saturated rings. The average molecular weight is 287 g/mol. The fourth-order valence-electron chi connectivity index (χ4n) is 1.35. The molecule has 0 spiro atoms. The highest BCUT2D eigenvalue weighted by molar-refractivity contribution is 4.74. The molecule has 1 heterocycles. The van der Waals surface area contributed by atoms with Gasteiger partial charge < -0.3 is 38.8 Å². The molecule has 74 valence electrons. The van der Waals surface area contributed by atoms with Gasteiger partial charge in [0, 0.05) is 20.1 Å². The van der Waals surface area contributed by atoms with Crippen LogP contribution in [0.4, 0.5) is 0 Å². The van der Waals surface area contributed by atoms with Crippen LogP contribution in [0.15, 0.2) is 0 Å². The molecule has 0 aromatic carbocycles. The second kappa shape index (κ2) is 6.12. The molecule has 1 aliphatic rings. The van der Waals surface area contributed by atoms with Gasteiger partial charge in [-0.2, -0.15) is 0 Å². The Hall–Kier alpha value is 0.610. The molecule has 0 saturated carbocycles. The topological polar surface area (TPSA) is 35.1 Å². The zero-order chi connectivity index (χ0) is 8.16. The summed E-state index contributed by atoms with van der Waals surface area (Å²) in [6.07, 6.45) is 1.00. The van der Waals surface area contributed by atoms with Gasteiger partial charge in [-0.05, 0) is 6.92 Å². The van der Waals surface area contributed by atoms with Gasteiger partial charge in [-0.25, -0.2) is 0 Å². The van der Waals surface area contributed by atoms with Crippen LogP contribution in [0.25, 0.3) is 0 Å². The van der Waals surface area contributed by atoms with Gasteiger partial charge in [0.25, 0.3) is 0 Å². The summed E-state index contributed by atoms with van der Waals surface area (Å²) in [5.41, 5.74) is 0.0499. The van der Waals surface area contributed by atoms with Crippen molar-refractivity contribution in [2.24, 2.45) is 0 Å². The second-order valence-electron chi connectivity index (χ2n) is 3.32. The predicted molar refractivity (Wildman–Crippen MR) is 42.5 cm³/mol. The Morgan fingerprint density at radius 1 is 1.58 bits per heavy atom. The Morgan fingerprint density at radius 3 is 2.83 bits per heavy atom. The number of methoxy groups -OCH3 is 1. The standard InChI is InChI=1S/C8H17NO2.HI/c1-8(3-5-10-2)7-9-4-6-11-8;/h9H,3-7H2,1-2H3;1H. The quantitative estimate of drug-likeness (QED) is 0.544. The molecule has 0 aromatic rings. The van der Waals surface area contributed by atoms with Gasteiger partial charge in [-0.1, -0.05) is 0 Å². The highest BCUT2D eigenvalue weighted by Crippen LogP contribution is 2.14. The molecule has 3 nitrogen and oxygen atoms in total. The van der Waals surface area contributed by atoms with E-state index in [1.807, 2.05) is 0 Å². The SMILES string of the molecule is COCCC1(C)C[NH2+]CCO1.[I-]. The van der Waals surface area contributed by atoms with Crippen molar-refractivity contribution in [2.75, 3.05) is 33.4 Å². The number of nitrogens with two attached hydrogens (primary N) is 1. The Bertz CT molecular complexity index is 116. The number of morpholine rings is 1. The first-order valence-corrected chi connectivity index (χ1v) is 4.21. The second-order valence-corrected chi connectivity index (χ2v) is 3.32. The average Bonchev–Trinajstić information content (AvgIpc) is 2.03. The van der Waals surface area contributed by atoms with Crippen molar-refractivity contribution >= 4 is 0 Å². The van der Waals surface area contributed by atoms with E-state index in [-0.39, 0.29) is 29.6 Å². The lowest BCUT2D eigenvalue weighted by atomic mass is 10.0. The van der Waals surface area contributed by atoms with E-state index in [0.717, 1.165) is 32.7 Å². The first-order valence-electron chi connectivity index (χ1n) is 4.21. The molecule has 12 heavy (non-hydrogen) atoms. The Kier molecular flexibility index (Phi) is 6.43. The van der Waals surface area contributed by atoms with Crippen LogP contribution >= 0.6 is 0 Å². The Morgan fingerprint density at radius 2 is 2.33 bits per heavy atom. The first kappa shape index (κ1) is 12.6. The summed E-state index contributed by atoms with van der Waals surface area (Å²) >= 11 is 0. The van der Waals surface area contributed by atoms with Gasteiger partial charge in [0.15, 0.2) is 0 Å². The molecular weight excluding hydrogens is 269 g/mol. The van der Waals surface area contributed by atoms with E-state index in [0.29, 0.717) is 0 Å². The van der Waals surface area contributed by atoms with E-state index in [1.165, 1.54) is 0 Å². The summed E-state index contributed by atoms with van der Waals surface area (Å²) in [7, 11) is 1.73. The third kappa shape index (κ3) is 4.02. The fourth-order valence-corrected chi connectivity index (χ4v) is 1.35. The van der Waals surface area contributed by atoms with E-state index in [9.17, 15) is 0 Å². The van der Waals surface area contributed by atoms with Gasteiger partial charge in [-0.3, -0.25) is 0 Å². The van der Waals surface area contributed by atoms with Crippen LogP contribution in [0.3, 0.4) is 0 Å². The van der Waals surface area contributed by atoms with Gasteiger partial charge in [-0.15, -0.1) is 0 Å². The number of hydrogen-bond acceptors (Lipinski definition) is 2. The smallest absolute Gasteiger partial charge is 0.116 e. The molecule has 0 aliphatic carbocycles. The third-order valence-electron chi connectivity index (χ3n) is 2.18. The summed E-state index contributed by atoms with van der Waals surface area (Å²) in [5, 5.41) is 2.30. The van der Waals surface area contributed by atoms with Crippen molar-refractivity contribution in [2.45, 2.75) is 18.9 Å². The Balaban J connectivity index is 0.00000121. The maximum absolute atomic E-state index is 5.66. The Labute approximate surface area is 91.2 Å². The van der Waals surface area contributed by atoms with E-state index < -0.39 is 0 Å². The zero-order valence-electron chi connectivity index (χ0n) is 7.81. The normalized spacial score (nSPS) is 29.5. The minimum atomic E-state index is 0. The highest BCUT2D eigenvalue weighted by Gasteiger charge is 2.29. The molecular formula is C8H18INO2. The summed E-state index contributed by atoms with van der Waals surface area (Å²) in [6.45, 7) is 5.99. The lowest BCUT2D eigenvalue weighted by Gasteiger charge is -2.31. The summed E-state index contributed by atoms with van der Waals surface area (Å²) in [4.78, 5) is 0. The van der Waals surface area contributed by atoms with Crippen molar-refractivity contribution in [3.8, 4) is 0 Å². The highest BCUT2D eigenvalue weighted by atomic mass is 127. The van der Waals surface area contributed by atoms with E-state index in [2.05, 4.69) is 12.2 Å². The van der Waals surface area contributed by atoms with Gasteiger partial charge >= 0.3 is 0 Å². The molecule has 4 heteroatoms. The molecule has 1 rings (SSSR count). The largest absolute Gasteiger partial charge is 1.00 e. The van der Waals surface area contributed by atoms with Crippen molar-refractivity contribution in [1.29, 1.82) is 0 Å². The van der Waals surface area contributed by atoms with Crippen molar-refractivity contribution in [3.63, 3.8) is 0 Å². The number of quaternary nitrogens is 1. The first-order chi connectivity index (χ1) is 5.27. The molecule has 2 N–H and O–H groups in total. The summed E-state index contributed by atoms with van der Waals surface area (Å²) in [6, 6.07) is 0. The molecule has 0 radical (unpaired) electrons. The summed E-state index contributed by atoms with van der Waals surface area (Å²) in [5.74, 6) is 0. The van der Waals surface area contributed by atoms with Gasteiger partial charge in [0.05, 0.1) is 13.2 Å². The van der Waals surface area contributed by atoms with Crippen molar-refractivity contribution in [3.05, 3.63) is 0 Å². The van der Waals surface area contributed by atoms with E-state index in [1.54, 1.807) is 7.11 Å². The van der Waals surface area contributed by atoms with Crippen LogP contribution in [0.1, 0.15) is 13.3 Å². The van der Waals surface area contributed by atoms with Crippen molar-refractivity contribution < 1.29 is 38.8 Å². The molecule has 0 bridgehead atoms. The number of rotatable bonds is 3. The molecule has 1 saturated heterocycles. The zero-order valence-corrected chi connectivity index (χ0v) is 9.96. The fraction of sp³-hybridized carbons (Fsp3) is 1.00. The van der Waals surface area contributed by atoms with E-state index in [4.69, 9.17) is 9.47 Å². The molecule has 1 atom stereocenters. The van der Waals surface area contributed by atoms with Crippen LogP contribution in [0.5, 0.6) is 0 Å². The van der Waals surface area contributed by atoms with Crippen LogP contribution < -0.4 is 29.3 Å². The number of halogens is 1. The minimum Gasteiger partial charge on any atom is -1.00 e. The summed E-state index contributed by atoms with van der Waals surface area (Å²) < 4.78 is 10.7. The number of ether oxygens (including phenoxy) is 2. The van der Waals surface area contributed by atoms with Crippen LogP contribution in [0.2, 0.25) is 0 Å². The predicted octanol–water partition coefficient (Wildman–Crippen LogP) is -3.62. The van der Waals surface area contributed by atoms with Gasteiger partial charge in [0.2, 0.25) is 0 Å². The number of hydrogen-bond donors (Lipinski definition) is 1. The maximum Gasteiger partial charge on any atom is 0.116 e. The maximum atomic E-state index is 5.66. The monoisotopic (exact) mass is 287 g/mol.